The molecule has 1 saturated heterocycles. The molecule has 0 aromatic carbocycles. The van der Waals surface area contributed by atoms with Gasteiger partial charge in [0.2, 0.25) is 11.8 Å². The fourth-order valence-corrected chi connectivity index (χ4v) is 4.92. The van der Waals surface area contributed by atoms with Gasteiger partial charge < -0.3 is 41.2 Å². The number of carbonyl (C=O) groups is 7. The number of unbranched alkanes of at least 4 members (excludes halogenated alkanes) is 2. The van der Waals surface area contributed by atoms with Gasteiger partial charge >= 0.3 is 23.9 Å². The first-order valence-electron chi connectivity index (χ1n) is 18.2. The largest absolute Gasteiger partial charge is 0.481 e. The summed E-state index contributed by atoms with van der Waals surface area (Å²) in [5, 5.41) is 46.0. The maximum absolute atomic E-state index is 13.1. The summed E-state index contributed by atoms with van der Waals surface area (Å²) < 4.78 is 0. The highest BCUT2D eigenvalue weighted by atomic mass is 16.4. The van der Waals surface area contributed by atoms with Gasteiger partial charge in [-0.3, -0.25) is 48.4 Å². The fraction of sp³-hybridized carbons (Fsp3) is 0.794. The van der Waals surface area contributed by atoms with Crippen LogP contribution in [0.1, 0.15) is 73.1 Å². The second kappa shape index (κ2) is 32.0. The highest BCUT2D eigenvalue weighted by Gasteiger charge is 2.24. The monoisotopic (exact) mass is 747 g/mol. The van der Waals surface area contributed by atoms with Gasteiger partial charge in [-0.15, -0.1) is 0 Å². The Morgan fingerprint density at radius 1 is 0.635 bits per heavy atom. The number of amides is 2. The first-order chi connectivity index (χ1) is 24.7. The zero-order valence-corrected chi connectivity index (χ0v) is 31.8. The minimum absolute atomic E-state index is 0.100. The van der Waals surface area contributed by atoms with Gasteiger partial charge in [-0.25, -0.2) is 0 Å². The number of carboxylic acids is 4. The van der Waals surface area contributed by atoms with Gasteiger partial charge in [0.15, 0.2) is 0 Å². The Hall–Kier alpha value is -3.71. The normalized spacial score (nSPS) is 15.7. The van der Waals surface area contributed by atoms with Crippen molar-refractivity contribution >= 4 is 42.0 Å². The predicted octanol–water partition coefficient (Wildman–Crippen LogP) is -0.283. The summed E-state index contributed by atoms with van der Waals surface area (Å²) in [4.78, 5) is 87.4. The maximum Gasteiger partial charge on any atom is 0.317 e. The van der Waals surface area contributed by atoms with E-state index in [9.17, 15) is 54.0 Å². The Kier molecular flexibility index (Phi) is 31.0. The van der Waals surface area contributed by atoms with Gasteiger partial charge in [0.25, 0.3) is 0 Å². The molecule has 0 saturated carbocycles. The first-order valence-corrected chi connectivity index (χ1v) is 18.2. The van der Waals surface area contributed by atoms with Gasteiger partial charge in [-0.05, 0) is 25.8 Å². The smallest absolute Gasteiger partial charge is 0.317 e. The highest BCUT2D eigenvalue weighted by Crippen LogP contribution is 2.04. The quantitative estimate of drug-likeness (QED) is 0.0589. The van der Waals surface area contributed by atoms with Crippen LogP contribution in [-0.2, 0) is 33.6 Å². The molecule has 1 aliphatic rings. The van der Waals surface area contributed by atoms with E-state index in [4.69, 9.17) is 0 Å². The predicted molar refractivity (Wildman–Crippen MR) is 195 cm³/mol. The Bertz CT molecular complexity index is 1020. The molecule has 302 valence electrons. The molecule has 0 bridgehead atoms. The number of nitrogens with zero attached hydrogens (tertiary/aromatic N) is 4. The molecule has 0 aromatic rings. The van der Waals surface area contributed by atoms with Crippen LogP contribution in [0.5, 0.6) is 0 Å². The second-order valence-corrected chi connectivity index (χ2v) is 12.4. The van der Waals surface area contributed by atoms with Crippen LogP contribution in [0.3, 0.4) is 0 Å². The van der Waals surface area contributed by atoms with E-state index in [1.807, 2.05) is 20.8 Å². The second-order valence-electron chi connectivity index (χ2n) is 12.4. The van der Waals surface area contributed by atoms with Crippen molar-refractivity contribution in [2.24, 2.45) is 0 Å². The number of aldehydes is 1. The van der Waals surface area contributed by atoms with Crippen LogP contribution < -0.4 is 16.0 Å². The topological polar surface area (TPSA) is 249 Å². The lowest BCUT2D eigenvalue weighted by atomic mass is 10.1. The average molecular weight is 748 g/mol. The lowest BCUT2D eigenvalue weighted by Crippen LogP contribution is -2.52. The Balaban J connectivity index is 0. The molecule has 0 aliphatic carbocycles. The van der Waals surface area contributed by atoms with Crippen molar-refractivity contribution in [1.82, 2.24) is 35.6 Å². The van der Waals surface area contributed by atoms with Crippen LogP contribution in [0.25, 0.3) is 0 Å². The number of rotatable bonds is 21. The minimum atomic E-state index is -1.10. The summed E-state index contributed by atoms with van der Waals surface area (Å²) in [5.74, 6) is -5.29. The molecule has 1 atom stereocenters. The van der Waals surface area contributed by atoms with Crippen molar-refractivity contribution in [3.05, 3.63) is 0 Å². The van der Waals surface area contributed by atoms with Crippen LogP contribution in [0.2, 0.25) is 0 Å². The molecule has 1 heterocycles. The van der Waals surface area contributed by atoms with Crippen molar-refractivity contribution in [1.29, 1.82) is 0 Å². The standard InChI is InChI=1S/C29H53N7O10.C3H6O.C2H6/c1-22(2)30-8-4-3-5-9-31-29(46)23(6-7-25(38)39)32-24(37)18-33-10-12-34(19-26(40)41)14-16-36(21-28(44)45)17-15-35(13-11-33)20-27(42)43;1-2-3-4;1-2/h22-23,30H,3-21H2,1-2H3,(H,31,46)(H,32,37)(H,38,39)(H,40,41)(H,42,43)(H,44,45);3H,2H2,1H3;1-2H3. The summed E-state index contributed by atoms with van der Waals surface area (Å²) >= 11 is 0. The molecule has 0 radical (unpaired) electrons. The molecule has 52 heavy (non-hydrogen) atoms. The van der Waals surface area contributed by atoms with Crippen molar-refractivity contribution in [2.75, 3.05) is 91.6 Å². The van der Waals surface area contributed by atoms with Crippen molar-refractivity contribution in [3.63, 3.8) is 0 Å². The van der Waals surface area contributed by atoms with E-state index < -0.39 is 41.7 Å². The number of carboxylic acid groups (broad SMARTS) is 4. The van der Waals surface area contributed by atoms with Crippen molar-refractivity contribution in [3.8, 4) is 0 Å². The third-order valence-electron chi connectivity index (χ3n) is 7.54. The van der Waals surface area contributed by atoms with Crippen LogP contribution in [0, 0.1) is 0 Å². The summed E-state index contributed by atoms with van der Waals surface area (Å²) in [5.41, 5.74) is 0. The third-order valence-corrected chi connectivity index (χ3v) is 7.54. The van der Waals surface area contributed by atoms with Gasteiger partial charge in [-0.2, -0.15) is 0 Å². The lowest BCUT2D eigenvalue weighted by molar-refractivity contribution is -0.140. The molecular weight excluding hydrogens is 682 g/mol. The fourth-order valence-electron chi connectivity index (χ4n) is 4.92. The minimum Gasteiger partial charge on any atom is -0.481 e. The third kappa shape index (κ3) is 30.0. The van der Waals surface area contributed by atoms with Crippen LogP contribution >= 0.6 is 0 Å². The van der Waals surface area contributed by atoms with Gasteiger partial charge in [0.05, 0.1) is 26.2 Å². The van der Waals surface area contributed by atoms with Crippen molar-refractivity contribution < 1.29 is 54.0 Å². The van der Waals surface area contributed by atoms with E-state index in [2.05, 4.69) is 29.8 Å². The lowest BCUT2D eigenvalue weighted by Gasteiger charge is -2.33. The number of aliphatic carboxylic acids is 4. The van der Waals surface area contributed by atoms with Gasteiger partial charge in [-0.1, -0.05) is 41.0 Å². The van der Waals surface area contributed by atoms with E-state index in [1.54, 1.807) is 19.6 Å². The van der Waals surface area contributed by atoms with Crippen molar-refractivity contribution in [2.45, 2.75) is 85.2 Å². The SMILES string of the molecule is CC.CC(C)NCCCCCNC(=O)C(CCC(=O)O)NC(=O)CN1CCN(CC(=O)O)CCN(CC(=O)O)CCN(CC(=O)O)CC1.CCC=O. The molecule has 18 heteroatoms. The van der Waals surface area contributed by atoms with E-state index >= 15 is 0 Å². The summed E-state index contributed by atoms with van der Waals surface area (Å²) in [7, 11) is 0. The molecule has 2 amide bonds. The Morgan fingerprint density at radius 2 is 1.02 bits per heavy atom. The van der Waals surface area contributed by atoms with E-state index in [0.29, 0.717) is 19.0 Å². The number of nitrogens with one attached hydrogen (secondary N) is 3. The van der Waals surface area contributed by atoms with E-state index in [-0.39, 0.29) is 91.4 Å². The Morgan fingerprint density at radius 3 is 1.37 bits per heavy atom. The molecule has 0 spiro atoms. The molecule has 18 nitrogen and oxygen atoms in total. The molecule has 7 N–H and O–H groups in total. The summed E-state index contributed by atoms with van der Waals surface area (Å²) in [6, 6.07) is -0.672. The highest BCUT2D eigenvalue weighted by molar-refractivity contribution is 5.88. The molecule has 1 fully saturated rings. The van der Waals surface area contributed by atoms with Gasteiger partial charge in [0.1, 0.15) is 12.3 Å². The Labute approximate surface area is 308 Å². The molecule has 1 unspecified atom stereocenters. The van der Waals surface area contributed by atoms with Crippen LogP contribution in [0.4, 0.5) is 0 Å². The number of hydrogen-bond acceptors (Lipinski definition) is 12. The maximum atomic E-state index is 13.1. The number of hydrogen-bond donors (Lipinski definition) is 7. The average Bonchev–Trinajstić information content (AvgIpc) is 3.07. The molecule has 1 aliphatic heterocycles. The van der Waals surface area contributed by atoms with E-state index in [1.165, 1.54) is 0 Å². The van der Waals surface area contributed by atoms with Crippen LogP contribution in [-0.4, -0.2) is 186 Å². The van der Waals surface area contributed by atoms with Crippen LogP contribution in [0.15, 0.2) is 0 Å². The summed E-state index contributed by atoms with van der Waals surface area (Å²) in [6.07, 6.45) is 3.65. The number of carbonyl (C=O) groups excluding carboxylic acids is 3. The first kappa shape index (κ1) is 50.4. The molecule has 0 aromatic heterocycles. The summed E-state index contributed by atoms with van der Waals surface area (Å²) in [6.45, 7) is 12.0. The van der Waals surface area contributed by atoms with Gasteiger partial charge in [0, 0.05) is 77.8 Å². The zero-order chi connectivity index (χ0) is 39.9. The molecular formula is C34H65N7O11. The zero-order valence-electron chi connectivity index (χ0n) is 31.8. The van der Waals surface area contributed by atoms with E-state index in [0.717, 1.165) is 32.1 Å². The molecule has 1 rings (SSSR count).